The van der Waals surface area contributed by atoms with Crippen LogP contribution < -0.4 is 0 Å². The molecule has 7 nitrogen and oxygen atoms in total. The van der Waals surface area contributed by atoms with Gasteiger partial charge >= 0.3 is 0 Å². The molecule has 1 amide bonds. The van der Waals surface area contributed by atoms with Gasteiger partial charge in [-0.1, -0.05) is 41.9 Å². The molecule has 2 aromatic carbocycles. The minimum absolute atomic E-state index is 0.0588. The maximum atomic E-state index is 12.4. The molecule has 2 heterocycles. The molecule has 0 bridgehead atoms. The first kappa shape index (κ1) is 24.3. The molecule has 1 aliphatic heterocycles. The number of hydrogen-bond acceptors (Lipinski definition) is 5. The highest BCUT2D eigenvalue weighted by molar-refractivity contribution is 6.31. The number of benzene rings is 2. The Balaban J connectivity index is 1.58. The lowest BCUT2D eigenvalue weighted by atomic mass is 9.81. The molecule has 1 unspecified atom stereocenters. The van der Waals surface area contributed by atoms with Gasteiger partial charge in [0.1, 0.15) is 12.8 Å². The largest absolute Gasteiger partial charge is 0.516 e. The molecule has 0 aliphatic carbocycles. The first-order chi connectivity index (χ1) is 16.2. The van der Waals surface area contributed by atoms with Gasteiger partial charge < -0.3 is 24.8 Å². The van der Waals surface area contributed by atoms with Gasteiger partial charge in [-0.2, -0.15) is 0 Å². The fraction of sp³-hybridized carbons (Fsp3) is 0.346. The summed E-state index contributed by atoms with van der Waals surface area (Å²) >= 11 is 6.22. The Kier molecular flexibility index (Phi) is 7.00. The Morgan fingerprint density at radius 1 is 1.21 bits per heavy atom. The zero-order valence-corrected chi connectivity index (χ0v) is 20.1. The highest BCUT2D eigenvalue weighted by atomic mass is 35.5. The van der Waals surface area contributed by atoms with E-state index in [-0.39, 0.29) is 12.5 Å². The van der Waals surface area contributed by atoms with Crippen LogP contribution in [0.3, 0.4) is 0 Å². The second-order valence-corrected chi connectivity index (χ2v) is 9.44. The van der Waals surface area contributed by atoms with Crippen molar-refractivity contribution in [1.29, 1.82) is 0 Å². The van der Waals surface area contributed by atoms with Crippen molar-refractivity contribution in [2.75, 3.05) is 27.2 Å². The number of fused-ring (bicyclic) bond motifs is 1. The Bertz CT molecular complexity index is 1210. The molecular formula is C26H30ClN3O4. The van der Waals surface area contributed by atoms with Gasteiger partial charge in [0, 0.05) is 49.4 Å². The van der Waals surface area contributed by atoms with Crippen molar-refractivity contribution in [3.8, 4) is 0 Å². The Morgan fingerprint density at radius 2 is 1.91 bits per heavy atom. The van der Waals surface area contributed by atoms with Crippen molar-refractivity contribution in [2.24, 2.45) is 0 Å². The number of likely N-dealkylation sites (tertiary alicyclic amines) is 1. The monoisotopic (exact) mass is 483 g/mol. The van der Waals surface area contributed by atoms with E-state index in [2.05, 4.69) is 0 Å². The second kappa shape index (κ2) is 9.80. The van der Waals surface area contributed by atoms with Crippen LogP contribution >= 0.6 is 11.6 Å². The van der Waals surface area contributed by atoms with E-state index in [1.165, 1.54) is 4.90 Å². The standard InChI is InChI=1S/C26H30ClN3O4/c1-28(2)24(32)17-30-16-21(20-8-7-19(27)15-23(20)30)25(33)29-12-10-26(34,11-13-29)22-6-4-3-5-18(22)9-14-31/h3-9,14-16,25,31,33-34H,10-13,17H2,1-2H3/b14-9+. The van der Waals surface area contributed by atoms with Crippen molar-refractivity contribution in [3.63, 3.8) is 0 Å². The molecule has 3 N–H and O–H groups in total. The number of amides is 1. The summed E-state index contributed by atoms with van der Waals surface area (Å²) in [5.74, 6) is -0.0588. The van der Waals surface area contributed by atoms with Gasteiger partial charge in [-0.15, -0.1) is 0 Å². The molecule has 180 valence electrons. The Labute approximate surface area is 204 Å². The molecular weight excluding hydrogens is 454 g/mol. The lowest BCUT2D eigenvalue weighted by molar-refractivity contribution is -0.129. The maximum absolute atomic E-state index is 12.4. The molecule has 1 fully saturated rings. The zero-order chi connectivity index (χ0) is 24.5. The number of piperidine rings is 1. The molecule has 4 rings (SSSR count). The molecule has 1 aliphatic rings. The lowest BCUT2D eigenvalue weighted by Gasteiger charge is -2.41. The summed E-state index contributed by atoms with van der Waals surface area (Å²) in [5, 5.41) is 33.3. The van der Waals surface area contributed by atoms with Crippen molar-refractivity contribution < 1.29 is 20.1 Å². The van der Waals surface area contributed by atoms with E-state index in [0.29, 0.717) is 36.5 Å². The molecule has 8 heteroatoms. The fourth-order valence-corrected chi connectivity index (χ4v) is 4.83. The average molecular weight is 484 g/mol. The SMILES string of the molecule is CN(C)C(=O)Cn1cc(C(O)N2CCC(O)(c3ccccc3/C=C/O)CC2)c2ccc(Cl)cc21. The van der Waals surface area contributed by atoms with E-state index in [9.17, 15) is 20.1 Å². The predicted octanol–water partition coefficient (Wildman–Crippen LogP) is 3.89. The van der Waals surface area contributed by atoms with E-state index in [4.69, 9.17) is 11.6 Å². The fourth-order valence-electron chi connectivity index (χ4n) is 4.67. The van der Waals surface area contributed by atoms with Gasteiger partial charge in [-0.05, 0) is 42.2 Å². The first-order valence-corrected chi connectivity index (χ1v) is 11.6. The van der Waals surface area contributed by atoms with Crippen molar-refractivity contribution in [2.45, 2.75) is 31.2 Å². The predicted molar refractivity (Wildman–Crippen MR) is 133 cm³/mol. The highest BCUT2D eigenvalue weighted by Crippen LogP contribution is 2.38. The van der Waals surface area contributed by atoms with Gasteiger partial charge in [-0.3, -0.25) is 9.69 Å². The molecule has 1 aromatic heterocycles. The number of rotatable bonds is 6. The van der Waals surface area contributed by atoms with Crippen LogP contribution in [0.25, 0.3) is 17.0 Å². The molecule has 0 saturated carbocycles. The van der Waals surface area contributed by atoms with E-state index in [0.717, 1.165) is 28.3 Å². The summed E-state index contributed by atoms with van der Waals surface area (Å²) in [6.45, 7) is 1.10. The maximum Gasteiger partial charge on any atom is 0.241 e. The van der Waals surface area contributed by atoms with Crippen LogP contribution in [0.1, 0.15) is 35.8 Å². The normalized spacial score (nSPS) is 17.3. The van der Waals surface area contributed by atoms with Gasteiger partial charge in [-0.25, -0.2) is 0 Å². The van der Waals surface area contributed by atoms with Gasteiger partial charge in [0.25, 0.3) is 0 Å². The summed E-state index contributed by atoms with van der Waals surface area (Å²) in [6.07, 6.45) is 4.34. The van der Waals surface area contributed by atoms with Crippen LogP contribution in [0.15, 0.2) is 54.9 Å². The molecule has 1 saturated heterocycles. The van der Waals surface area contributed by atoms with Crippen LogP contribution in [0.2, 0.25) is 5.02 Å². The summed E-state index contributed by atoms with van der Waals surface area (Å²) in [7, 11) is 3.42. The lowest BCUT2D eigenvalue weighted by Crippen LogP contribution is -2.44. The summed E-state index contributed by atoms with van der Waals surface area (Å²) < 4.78 is 1.82. The molecule has 1 atom stereocenters. The van der Waals surface area contributed by atoms with Crippen LogP contribution in [-0.4, -0.2) is 62.8 Å². The third-order valence-corrected chi connectivity index (χ3v) is 6.88. The van der Waals surface area contributed by atoms with Crippen LogP contribution in [0.4, 0.5) is 0 Å². The highest BCUT2D eigenvalue weighted by Gasteiger charge is 2.37. The third-order valence-electron chi connectivity index (χ3n) is 6.65. The number of aromatic nitrogens is 1. The van der Waals surface area contributed by atoms with Gasteiger partial charge in [0.05, 0.1) is 17.4 Å². The Morgan fingerprint density at radius 3 is 2.59 bits per heavy atom. The third kappa shape index (κ3) is 4.70. The second-order valence-electron chi connectivity index (χ2n) is 9.01. The minimum Gasteiger partial charge on any atom is -0.516 e. The minimum atomic E-state index is -1.05. The number of halogens is 1. The zero-order valence-electron chi connectivity index (χ0n) is 19.4. The van der Waals surface area contributed by atoms with Crippen molar-refractivity contribution in [1.82, 2.24) is 14.4 Å². The van der Waals surface area contributed by atoms with Crippen molar-refractivity contribution in [3.05, 3.63) is 76.6 Å². The number of carbonyl (C=O) groups excluding carboxylic acids is 1. The van der Waals surface area contributed by atoms with Gasteiger partial charge in [0.2, 0.25) is 5.91 Å². The average Bonchev–Trinajstić information content (AvgIpc) is 3.17. The molecule has 3 aromatic rings. The van der Waals surface area contributed by atoms with Crippen LogP contribution in [-0.2, 0) is 16.9 Å². The van der Waals surface area contributed by atoms with Crippen LogP contribution in [0.5, 0.6) is 0 Å². The first-order valence-electron chi connectivity index (χ1n) is 11.3. The van der Waals surface area contributed by atoms with E-state index < -0.39 is 11.8 Å². The van der Waals surface area contributed by atoms with Crippen molar-refractivity contribution >= 4 is 34.5 Å². The summed E-state index contributed by atoms with van der Waals surface area (Å²) in [5.41, 5.74) is 1.98. The number of nitrogens with zero attached hydrogens (tertiary/aromatic N) is 3. The van der Waals surface area contributed by atoms with E-state index in [1.807, 2.05) is 46.0 Å². The molecule has 0 radical (unpaired) electrons. The topological polar surface area (TPSA) is 89.2 Å². The number of carbonyl (C=O) groups is 1. The number of hydrogen-bond donors (Lipinski definition) is 3. The number of likely N-dealkylation sites (N-methyl/N-ethyl adjacent to an activating group) is 1. The number of aliphatic hydroxyl groups excluding tert-OH is 2. The molecule has 0 spiro atoms. The van der Waals surface area contributed by atoms with E-state index >= 15 is 0 Å². The molecule has 34 heavy (non-hydrogen) atoms. The quantitative estimate of drug-likeness (QED) is 0.463. The van der Waals surface area contributed by atoms with Gasteiger partial charge in [0.15, 0.2) is 0 Å². The Hall–Kier alpha value is -2.84. The smallest absolute Gasteiger partial charge is 0.241 e. The summed E-state index contributed by atoms with van der Waals surface area (Å²) in [4.78, 5) is 15.8. The van der Waals surface area contributed by atoms with E-state index in [1.54, 1.807) is 32.3 Å². The number of aliphatic hydroxyl groups is 3. The summed E-state index contributed by atoms with van der Waals surface area (Å²) in [6, 6.07) is 12.9. The van der Waals surface area contributed by atoms with Crippen LogP contribution in [0, 0.1) is 0 Å².